The molecule has 11 heavy (non-hydrogen) atoms. The minimum atomic E-state index is 0.847. The van der Waals surface area contributed by atoms with Gasteiger partial charge in [0.15, 0.2) is 0 Å². The van der Waals surface area contributed by atoms with Crippen LogP contribution in [0.2, 0.25) is 0 Å². The molecule has 3 aliphatic rings. The Hall–Kier alpha value is 0. The van der Waals surface area contributed by atoms with Gasteiger partial charge in [0.2, 0.25) is 0 Å². The molecule has 0 aromatic heterocycles. The van der Waals surface area contributed by atoms with Crippen molar-refractivity contribution in [2.45, 2.75) is 45.4 Å². The van der Waals surface area contributed by atoms with E-state index in [1.165, 1.54) is 6.42 Å². The zero-order chi connectivity index (χ0) is 7.47. The molecule has 0 heteroatoms. The molecular weight excluding hydrogens is 132 g/mol. The van der Waals surface area contributed by atoms with Gasteiger partial charge in [0.25, 0.3) is 0 Å². The highest BCUT2D eigenvalue weighted by atomic mass is 14.6. The Labute approximate surface area is 69.4 Å². The lowest BCUT2D eigenvalue weighted by molar-refractivity contribution is 0.180. The van der Waals surface area contributed by atoms with Crippen molar-refractivity contribution in [1.29, 1.82) is 0 Å². The summed E-state index contributed by atoms with van der Waals surface area (Å²) in [6, 6.07) is 0. The summed E-state index contributed by atoms with van der Waals surface area (Å²) in [5.74, 6) is 3.46. The van der Waals surface area contributed by atoms with Crippen LogP contribution in [-0.4, -0.2) is 0 Å². The number of rotatable bonds is 0. The molecular formula is C11H18. The van der Waals surface area contributed by atoms with Gasteiger partial charge in [-0.3, -0.25) is 0 Å². The molecule has 0 radical (unpaired) electrons. The summed E-state index contributed by atoms with van der Waals surface area (Å²) >= 11 is 0. The standard InChI is InChI=1S/C11H18/c1-11-7-9(11)6-5-8-3-2-4-10(8)11/h8-10H,2-7H2,1H3. The Morgan fingerprint density at radius 2 is 2.00 bits per heavy atom. The Morgan fingerprint density at radius 3 is 2.91 bits per heavy atom. The summed E-state index contributed by atoms with van der Waals surface area (Å²) in [6.07, 6.45) is 9.39. The van der Waals surface area contributed by atoms with E-state index in [0.717, 1.165) is 23.2 Å². The van der Waals surface area contributed by atoms with Crippen LogP contribution in [0.3, 0.4) is 0 Å². The Morgan fingerprint density at radius 1 is 1.09 bits per heavy atom. The quantitative estimate of drug-likeness (QED) is 0.497. The minimum Gasteiger partial charge on any atom is -0.0591 e. The second kappa shape index (κ2) is 1.84. The van der Waals surface area contributed by atoms with Gasteiger partial charge in [-0.15, -0.1) is 0 Å². The van der Waals surface area contributed by atoms with Crippen LogP contribution in [0, 0.1) is 23.2 Å². The van der Waals surface area contributed by atoms with Crippen LogP contribution >= 0.6 is 0 Å². The molecule has 4 atom stereocenters. The molecule has 3 aliphatic carbocycles. The molecule has 0 aromatic rings. The fourth-order valence-corrected chi connectivity index (χ4v) is 4.02. The molecule has 4 unspecified atom stereocenters. The molecule has 0 nitrogen and oxygen atoms in total. The smallest absolute Gasteiger partial charge is 0.0264 e. The van der Waals surface area contributed by atoms with E-state index in [-0.39, 0.29) is 0 Å². The van der Waals surface area contributed by atoms with Gasteiger partial charge in [0.05, 0.1) is 0 Å². The Bertz CT molecular complexity index is 182. The summed E-state index contributed by atoms with van der Waals surface area (Å²) in [7, 11) is 0. The van der Waals surface area contributed by atoms with Crippen molar-refractivity contribution in [3.05, 3.63) is 0 Å². The van der Waals surface area contributed by atoms with Crippen LogP contribution in [-0.2, 0) is 0 Å². The van der Waals surface area contributed by atoms with E-state index >= 15 is 0 Å². The van der Waals surface area contributed by atoms with E-state index in [2.05, 4.69) is 6.92 Å². The van der Waals surface area contributed by atoms with Gasteiger partial charge in [0.1, 0.15) is 0 Å². The van der Waals surface area contributed by atoms with Gasteiger partial charge in [-0.05, 0) is 48.9 Å². The SMILES string of the molecule is CC12CC1CCC1CCCC12. The first-order valence-corrected chi connectivity index (χ1v) is 5.31. The van der Waals surface area contributed by atoms with Crippen molar-refractivity contribution in [1.82, 2.24) is 0 Å². The fraction of sp³-hybridized carbons (Fsp3) is 1.00. The third-order valence-electron chi connectivity index (χ3n) is 4.85. The number of fused-ring (bicyclic) bond motifs is 3. The van der Waals surface area contributed by atoms with Crippen LogP contribution in [0.25, 0.3) is 0 Å². The second-order valence-corrected chi connectivity index (χ2v) is 5.28. The van der Waals surface area contributed by atoms with Crippen molar-refractivity contribution in [3.63, 3.8) is 0 Å². The Balaban J connectivity index is 1.89. The first kappa shape index (κ1) is 6.51. The largest absolute Gasteiger partial charge is 0.0591 e. The first-order valence-electron chi connectivity index (χ1n) is 5.31. The molecule has 0 heterocycles. The summed E-state index contributed by atoms with van der Waals surface area (Å²) in [4.78, 5) is 0. The second-order valence-electron chi connectivity index (χ2n) is 5.28. The monoisotopic (exact) mass is 150 g/mol. The van der Waals surface area contributed by atoms with E-state index < -0.39 is 0 Å². The van der Waals surface area contributed by atoms with Crippen LogP contribution in [0.1, 0.15) is 45.4 Å². The first-order chi connectivity index (χ1) is 5.31. The van der Waals surface area contributed by atoms with Gasteiger partial charge < -0.3 is 0 Å². The van der Waals surface area contributed by atoms with Gasteiger partial charge >= 0.3 is 0 Å². The molecule has 3 rings (SSSR count). The molecule has 0 aliphatic heterocycles. The normalized spacial score (nSPS) is 60.3. The lowest BCUT2D eigenvalue weighted by Crippen LogP contribution is -2.23. The highest BCUT2D eigenvalue weighted by Crippen LogP contribution is 2.68. The van der Waals surface area contributed by atoms with Crippen molar-refractivity contribution < 1.29 is 0 Å². The number of hydrogen-bond donors (Lipinski definition) is 0. The lowest BCUT2D eigenvalue weighted by atomic mass is 9.74. The van der Waals surface area contributed by atoms with Gasteiger partial charge in [-0.2, -0.15) is 0 Å². The molecule has 3 fully saturated rings. The van der Waals surface area contributed by atoms with Crippen molar-refractivity contribution in [3.8, 4) is 0 Å². The van der Waals surface area contributed by atoms with E-state index in [0.29, 0.717) is 0 Å². The summed E-state index contributed by atoms with van der Waals surface area (Å²) in [6.45, 7) is 2.56. The minimum absolute atomic E-state index is 0.847. The topological polar surface area (TPSA) is 0 Å². The summed E-state index contributed by atoms with van der Waals surface area (Å²) < 4.78 is 0. The maximum atomic E-state index is 2.56. The third kappa shape index (κ3) is 0.711. The number of hydrogen-bond acceptors (Lipinski definition) is 0. The van der Waals surface area contributed by atoms with E-state index in [1.54, 1.807) is 32.1 Å². The van der Waals surface area contributed by atoms with Crippen LogP contribution < -0.4 is 0 Å². The molecule has 0 aromatic carbocycles. The molecule has 62 valence electrons. The zero-order valence-corrected chi connectivity index (χ0v) is 7.47. The van der Waals surface area contributed by atoms with Crippen LogP contribution in [0.15, 0.2) is 0 Å². The maximum Gasteiger partial charge on any atom is -0.0264 e. The average Bonchev–Trinajstić information content (AvgIpc) is 2.45. The molecule has 3 saturated carbocycles. The average molecular weight is 150 g/mol. The molecule has 0 amide bonds. The Kier molecular flexibility index (Phi) is 1.09. The van der Waals surface area contributed by atoms with E-state index in [1.807, 2.05) is 0 Å². The summed E-state index contributed by atoms with van der Waals surface area (Å²) in [5.41, 5.74) is 0.847. The lowest BCUT2D eigenvalue weighted by Gasteiger charge is -2.31. The predicted molar refractivity (Wildman–Crippen MR) is 46.3 cm³/mol. The van der Waals surface area contributed by atoms with Crippen molar-refractivity contribution in [2.75, 3.05) is 0 Å². The zero-order valence-electron chi connectivity index (χ0n) is 7.47. The van der Waals surface area contributed by atoms with Gasteiger partial charge in [-0.1, -0.05) is 19.8 Å². The van der Waals surface area contributed by atoms with Gasteiger partial charge in [-0.25, -0.2) is 0 Å². The molecule has 0 bridgehead atoms. The molecule has 0 N–H and O–H groups in total. The van der Waals surface area contributed by atoms with Crippen LogP contribution in [0.4, 0.5) is 0 Å². The van der Waals surface area contributed by atoms with Crippen LogP contribution in [0.5, 0.6) is 0 Å². The highest BCUT2D eigenvalue weighted by molar-refractivity contribution is 5.09. The highest BCUT2D eigenvalue weighted by Gasteiger charge is 2.59. The van der Waals surface area contributed by atoms with Crippen molar-refractivity contribution >= 4 is 0 Å². The maximum absolute atomic E-state index is 2.56. The van der Waals surface area contributed by atoms with Gasteiger partial charge in [0, 0.05) is 0 Å². The third-order valence-corrected chi connectivity index (χ3v) is 4.85. The molecule has 0 spiro atoms. The predicted octanol–water partition coefficient (Wildman–Crippen LogP) is 3.22. The van der Waals surface area contributed by atoms with E-state index in [4.69, 9.17) is 0 Å². The summed E-state index contributed by atoms with van der Waals surface area (Å²) in [5, 5.41) is 0. The van der Waals surface area contributed by atoms with Crippen molar-refractivity contribution in [2.24, 2.45) is 23.2 Å². The molecule has 0 saturated heterocycles. The van der Waals surface area contributed by atoms with E-state index in [9.17, 15) is 0 Å². The fourth-order valence-electron chi connectivity index (χ4n) is 4.02.